The summed E-state index contributed by atoms with van der Waals surface area (Å²) in [6.45, 7) is 0.878. The first-order valence-electron chi connectivity index (χ1n) is 6.46. The fourth-order valence-corrected chi connectivity index (χ4v) is 3.22. The van der Waals surface area contributed by atoms with Crippen LogP contribution >= 0.6 is 11.3 Å². The van der Waals surface area contributed by atoms with E-state index in [2.05, 4.69) is 4.98 Å². The van der Waals surface area contributed by atoms with Crippen molar-refractivity contribution in [2.45, 2.75) is 37.9 Å². The molecule has 1 aliphatic rings. The second-order valence-corrected chi connectivity index (χ2v) is 5.75. The smallest absolute Gasteiger partial charge is 0.0809 e. The van der Waals surface area contributed by atoms with Gasteiger partial charge in [0, 0.05) is 18.4 Å². The predicted octanol–water partition coefficient (Wildman–Crippen LogP) is 3.29. The van der Waals surface area contributed by atoms with Crippen molar-refractivity contribution in [3.05, 3.63) is 29.3 Å². The van der Waals surface area contributed by atoms with Crippen LogP contribution in [0.5, 0.6) is 0 Å². The summed E-state index contributed by atoms with van der Waals surface area (Å²) in [5.41, 5.74) is 1.93. The molecule has 18 heavy (non-hydrogen) atoms. The average Bonchev–Trinajstić information content (AvgIpc) is 3.05. The molecular weight excluding hydrogens is 246 g/mol. The van der Waals surface area contributed by atoms with Crippen LogP contribution in [0.1, 0.15) is 37.4 Å². The van der Waals surface area contributed by atoms with Crippen LogP contribution in [-0.2, 0) is 4.74 Å². The summed E-state index contributed by atoms with van der Waals surface area (Å²) in [6, 6.07) is 4.05. The van der Waals surface area contributed by atoms with E-state index in [4.69, 9.17) is 4.74 Å². The summed E-state index contributed by atoms with van der Waals surface area (Å²) in [5, 5.41) is 12.2. The molecule has 0 aromatic carbocycles. The maximum absolute atomic E-state index is 10.2. The molecular formula is C14H17NO2S. The van der Waals surface area contributed by atoms with Gasteiger partial charge in [-0.2, -0.15) is 0 Å². The lowest BCUT2D eigenvalue weighted by Gasteiger charge is -2.13. The standard InChI is InChI=1S/C14H17NO2S/c16-13(4-3-11-2-1-6-17-11)10-8-14-12(15-9-10)5-7-18-14/h5,7-9,11,13,16H,1-4,6H2. The number of aliphatic hydroxyl groups excluding tert-OH is 1. The van der Waals surface area contributed by atoms with Crippen molar-refractivity contribution in [3.8, 4) is 0 Å². The Labute approximate surface area is 110 Å². The highest BCUT2D eigenvalue weighted by atomic mass is 32.1. The van der Waals surface area contributed by atoms with Gasteiger partial charge in [0.1, 0.15) is 0 Å². The van der Waals surface area contributed by atoms with Crippen LogP contribution in [0, 0.1) is 0 Å². The number of thiophene rings is 1. The third kappa shape index (κ3) is 2.55. The Morgan fingerprint density at radius 1 is 1.56 bits per heavy atom. The number of aromatic nitrogens is 1. The van der Waals surface area contributed by atoms with Crippen molar-refractivity contribution in [2.75, 3.05) is 6.61 Å². The topological polar surface area (TPSA) is 42.4 Å². The molecule has 3 nitrogen and oxygen atoms in total. The molecule has 0 saturated carbocycles. The van der Waals surface area contributed by atoms with Crippen LogP contribution in [0.2, 0.25) is 0 Å². The van der Waals surface area contributed by atoms with Gasteiger partial charge in [0.05, 0.1) is 22.4 Å². The normalized spacial score (nSPS) is 21.5. The molecule has 0 spiro atoms. The number of hydrogen-bond donors (Lipinski definition) is 1. The average molecular weight is 263 g/mol. The Morgan fingerprint density at radius 2 is 2.50 bits per heavy atom. The Morgan fingerprint density at radius 3 is 3.33 bits per heavy atom. The number of nitrogens with zero attached hydrogens (tertiary/aromatic N) is 1. The number of pyridine rings is 1. The van der Waals surface area contributed by atoms with E-state index in [1.807, 2.05) is 17.5 Å². The fraction of sp³-hybridized carbons (Fsp3) is 0.500. The number of rotatable bonds is 4. The van der Waals surface area contributed by atoms with Crippen LogP contribution in [-0.4, -0.2) is 22.8 Å². The van der Waals surface area contributed by atoms with Crippen molar-refractivity contribution in [2.24, 2.45) is 0 Å². The minimum absolute atomic E-state index is 0.345. The molecule has 2 aromatic heterocycles. The van der Waals surface area contributed by atoms with Crippen molar-refractivity contribution in [1.29, 1.82) is 0 Å². The van der Waals surface area contributed by atoms with Crippen molar-refractivity contribution < 1.29 is 9.84 Å². The number of ether oxygens (including phenoxy) is 1. The van der Waals surface area contributed by atoms with Crippen LogP contribution in [0.3, 0.4) is 0 Å². The molecule has 2 unspecified atom stereocenters. The van der Waals surface area contributed by atoms with E-state index < -0.39 is 6.10 Å². The van der Waals surface area contributed by atoms with Crippen LogP contribution in [0.25, 0.3) is 10.2 Å². The molecule has 1 fully saturated rings. The Bertz CT molecular complexity index is 519. The molecule has 3 heterocycles. The first-order valence-corrected chi connectivity index (χ1v) is 7.34. The minimum atomic E-state index is -0.423. The molecule has 4 heteroatoms. The first-order chi connectivity index (χ1) is 8.83. The molecule has 2 atom stereocenters. The van der Waals surface area contributed by atoms with Crippen molar-refractivity contribution in [1.82, 2.24) is 4.98 Å². The molecule has 1 saturated heterocycles. The lowest BCUT2D eigenvalue weighted by atomic mass is 10.0. The lowest BCUT2D eigenvalue weighted by molar-refractivity contribution is 0.0812. The fourth-order valence-electron chi connectivity index (χ4n) is 2.43. The molecule has 0 radical (unpaired) electrons. The number of hydrogen-bond acceptors (Lipinski definition) is 4. The molecule has 2 aromatic rings. The van der Waals surface area contributed by atoms with Gasteiger partial charge in [-0.05, 0) is 43.2 Å². The van der Waals surface area contributed by atoms with Gasteiger partial charge in [0.15, 0.2) is 0 Å². The molecule has 96 valence electrons. The molecule has 0 aliphatic carbocycles. The van der Waals surface area contributed by atoms with E-state index in [0.717, 1.165) is 48.1 Å². The first kappa shape index (κ1) is 12.1. The molecule has 1 N–H and O–H groups in total. The molecule has 3 rings (SSSR count). The molecule has 0 bridgehead atoms. The highest BCUT2D eigenvalue weighted by molar-refractivity contribution is 7.17. The summed E-state index contributed by atoms with van der Waals surface area (Å²) in [6.07, 6.45) is 5.69. The summed E-state index contributed by atoms with van der Waals surface area (Å²) >= 11 is 1.66. The van der Waals surface area contributed by atoms with Crippen molar-refractivity contribution >= 4 is 21.6 Å². The predicted molar refractivity (Wildman–Crippen MR) is 72.8 cm³/mol. The van der Waals surface area contributed by atoms with E-state index in [1.165, 1.54) is 0 Å². The highest BCUT2D eigenvalue weighted by Gasteiger charge is 2.18. The molecule has 1 aliphatic heterocycles. The Kier molecular flexibility index (Phi) is 3.59. The zero-order valence-corrected chi connectivity index (χ0v) is 11.0. The highest BCUT2D eigenvalue weighted by Crippen LogP contribution is 2.27. The van der Waals surface area contributed by atoms with Gasteiger partial charge in [-0.15, -0.1) is 11.3 Å². The van der Waals surface area contributed by atoms with E-state index >= 15 is 0 Å². The van der Waals surface area contributed by atoms with Gasteiger partial charge in [-0.1, -0.05) is 0 Å². The van der Waals surface area contributed by atoms with Crippen molar-refractivity contribution in [3.63, 3.8) is 0 Å². The minimum Gasteiger partial charge on any atom is -0.388 e. The van der Waals surface area contributed by atoms with Crippen LogP contribution in [0.15, 0.2) is 23.7 Å². The van der Waals surface area contributed by atoms with Crippen LogP contribution < -0.4 is 0 Å². The van der Waals surface area contributed by atoms with Gasteiger partial charge in [-0.25, -0.2) is 0 Å². The molecule has 0 amide bonds. The van der Waals surface area contributed by atoms with Crippen LogP contribution in [0.4, 0.5) is 0 Å². The van der Waals surface area contributed by atoms with E-state index in [-0.39, 0.29) is 0 Å². The quantitative estimate of drug-likeness (QED) is 0.920. The van der Waals surface area contributed by atoms with E-state index in [1.54, 1.807) is 17.5 Å². The zero-order valence-electron chi connectivity index (χ0n) is 10.2. The van der Waals surface area contributed by atoms with Gasteiger partial charge in [0.25, 0.3) is 0 Å². The van der Waals surface area contributed by atoms with E-state index in [9.17, 15) is 5.11 Å². The largest absolute Gasteiger partial charge is 0.388 e. The second kappa shape index (κ2) is 5.34. The SMILES string of the molecule is OC(CCC1CCCO1)c1cnc2ccsc2c1. The monoisotopic (exact) mass is 263 g/mol. The summed E-state index contributed by atoms with van der Waals surface area (Å²) < 4.78 is 6.71. The summed E-state index contributed by atoms with van der Waals surface area (Å²) in [4.78, 5) is 4.36. The number of fused-ring (bicyclic) bond motifs is 1. The zero-order chi connectivity index (χ0) is 12.4. The van der Waals surface area contributed by atoms with Gasteiger partial charge in [0.2, 0.25) is 0 Å². The second-order valence-electron chi connectivity index (χ2n) is 4.80. The Balaban J connectivity index is 1.65. The van der Waals surface area contributed by atoms with Gasteiger partial charge in [-0.3, -0.25) is 4.98 Å². The summed E-state index contributed by atoms with van der Waals surface area (Å²) in [7, 11) is 0. The van der Waals surface area contributed by atoms with E-state index in [0.29, 0.717) is 6.10 Å². The maximum Gasteiger partial charge on any atom is 0.0809 e. The van der Waals surface area contributed by atoms with Gasteiger partial charge < -0.3 is 9.84 Å². The number of aliphatic hydroxyl groups is 1. The Hall–Kier alpha value is -0.970. The van der Waals surface area contributed by atoms with Gasteiger partial charge >= 0.3 is 0 Å². The summed E-state index contributed by atoms with van der Waals surface area (Å²) in [5.74, 6) is 0. The third-order valence-corrected chi connectivity index (χ3v) is 4.35. The lowest BCUT2D eigenvalue weighted by Crippen LogP contribution is -2.08. The maximum atomic E-state index is 10.2. The third-order valence-electron chi connectivity index (χ3n) is 3.49.